The Labute approximate surface area is 119 Å². The molecule has 2 rings (SSSR count). The zero-order chi connectivity index (χ0) is 15.8. The molecule has 1 heterocycles. The second kappa shape index (κ2) is 5.37. The summed E-state index contributed by atoms with van der Waals surface area (Å²) >= 11 is 0. The van der Waals surface area contributed by atoms with E-state index in [2.05, 4.69) is 0 Å². The molecule has 112 valence electrons. The number of carbonyl (C=O) groups excluding carboxylic acids is 1. The van der Waals surface area contributed by atoms with Crippen LogP contribution in [0, 0.1) is 11.3 Å². The molecule has 1 N–H and O–H groups in total. The van der Waals surface area contributed by atoms with Crippen LogP contribution in [0.5, 0.6) is 0 Å². The maximum atomic E-state index is 13.0. The Morgan fingerprint density at radius 1 is 1.48 bits per heavy atom. The van der Waals surface area contributed by atoms with Crippen molar-refractivity contribution < 1.29 is 23.1 Å². The van der Waals surface area contributed by atoms with E-state index in [0.29, 0.717) is 6.42 Å². The predicted molar refractivity (Wildman–Crippen MR) is 68.3 cm³/mol. The van der Waals surface area contributed by atoms with E-state index in [0.717, 1.165) is 17.0 Å². The van der Waals surface area contributed by atoms with Gasteiger partial charge in [0.15, 0.2) is 0 Å². The quantitative estimate of drug-likeness (QED) is 0.912. The van der Waals surface area contributed by atoms with Crippen LogP contribution in [0.3, 0.4) is 0 Å². The van der Waals surface area contributed by atoms with E-state index in [1.807, 2.05) is 0 Å². The van der Waals surface area contributed by atoms with Gasteiger partial charge in [0.05, 0.1) is 35.4 Å². The standard InChI is InChI=1S/C14H13F3N2O2/c1-2-10-12(20)6-13(21)19(10)11-5-3-4-9(8(11)7-18)14(15,16)17/h3-5,10,12,20H,2,6H2,1H3/t10-,12-/m0/s1. The largest absolute Gasteiger partial charge is 0.417 e. The number of hydrogen-bond donors (Lipinski definition) is 1. The van der Waals surface area contributed by atoms with Gasteiger partial charge in [0.25, 0.3) is 0 Å². The minimum atomic E-state index is -4.68. The fourth-order valence-corrected chi connectivity index (χ4v) is 2.63. The highest BCUT2D eigenvalue weighted by Crippen LogP contribution is 2.38. The monoisotopic (exact) mass is 298 g/mol. The van der Waals surface area contributed by atoms with Gasteiger partial charge in [-0.3, -0.25) is 4.79 Å². The lowest BCUT2D eigenvalue weighted by atomic mass is 10.0. The lowest BCUT2D eigenvalue weighted by Gasteiger charge is -2.27. The van der Waals surface area contributed by atoms with Crippen molar-refractivity contribution in [3.8, 4) is 6.07 Å². The van der Waals surface area contributed by atoms with Crippen LogP contribution in [0.15, 0.2) is 18.2 Å². The van der Waals surface area contributed by atoms with Gasteiger partial charge in [0, 0.05) is 0 Å². The van der Waals surface area contributed by atoms with Gasteiger partial charge >= 0.3 is 6.18 Å². The predicted octanol–water partition coefficient (Wildman–Crippen LogP) is 2.45. The molecule has 1 aromatic rings. The minimum Gasteiger partial charge on any atom is -0.390 e. The molecule has 1 aliphatic heterocycles. The van der Waals surface area contributed by atoms with E-state index in [4.69, 9.17) is 5.26 Å². The maximum absolute atomic E-state index is 13.0. The Kier molecular flexibility index (Phi) is 3.92. The molecule has 1 fully saturated rings. The van der Waals surface area contributed by atoms with E-state index in [9.17, 15) is 23.1 Å². The Bertz CT molecular complexity index is 607. The average Bonchev–Trinajstić information content (AvgIpc) is 2.70. The van der Waals surface area contributed by atoms with Gasteiger partial charge in [-0.2, -0.15) is 18.4 Å². The third-order valence-electron chi connectivity index (χ3n) is 3.57. The van der Waals surface area contributed by atoms with E-state index < -0.39 is 35.4 Å². The Hall–Kier alpha value is -2.07. The van der Waals surface area contributed by atoms with Crippen molar-refractivity contribution in [2.24, 2.45) is 0 Å². The van der Waals surface area contributed by atoms with Crippen LogP contribution >= 0.6 is 0 Å². The first kappa shape index (κ1) is 15.3. The fourth-order valence-electron chi connectivity index (χ4n) is 2.63. The van der Waals surface area contributed by atoms with Gasteiger partial charge in [-0.15, -0.1) is 0 Å². The lowest BCUT2D eigenvalue weighted by Crippen LogP contribution is -2.37. The van der Waals surface area contributed by atoms with E-state index >= 15 is 0 Å². The molecule has 0 saturated carbocycles. The number of nitrogens with zero attached hydrogens (tertiary/aromatic N) is 2. The lowest BCUT2D eigenvalue weighted by molar-refractivity contribution is -0.137. The average molecular weight is 298 g/mol. The van der Waals surface area contributed by atoms with Crippen LogP contribution in [-0.2, 0) is 11.0 Å². The summed E-state index contributed by atoms with van der Waals surface area (Å²) in [5.74, 6) is -0.481. The number of aliphatic hydroxyl groups excluding tert-OH is 1. The zero-order valence-corrected chi connectivity index (χ0v) is 11.2. The van der Waals surface area contributed by atoms with Crippen molar-refractivity contribution in [3.63, 3.8) is 0 Å². The number of aliphatic hydroxyl groups is 1. The zero-order valence-electron chi connectivity index (χ0n) is 11.2. The second-order valence-corrected chi connectivity index (χ2v) is 4.82. The minimum absolute atomic E-state index is 0.0966. The van der Waals surface area contributed by atoms with Crippen molar-refractivity contribution in [2.75, 3.05) is 4.90 Å². The highest BCUT2D eigenvalue weighted by Gasteiger charge is 2.42. The first-order valence-electron chi connectivity index (χ1n) is 6.41. The summed E-state index contributed by atoms with van der Waals surface area (Å²) in [7, 11) is 0. The molecule has 1 aliphatic rings. The molecule has 21 heavy (non-hydrogen) atoms. The third kappa shape index (κ3) is 2.59. The van der Waals surface area contributed by atoms with Crippen LogP contribution < -0.4 is 4.90 Å². The summed E-state index contributed by atoms with van der Waals surface area (Å²) in [6.45, 7) is 1.72. The number of hydrogen-bond acceptors (Lipinski definition) is 3. The molecule has 0 aliphatic carbocycles. The number of anilines is 1. The van der Waals surface area contributed by atoms with Crippen molar-refractivity contribution >= 4 is 11.6 Å². The van der Waals surface area contributed by atoms with Crippen molar-refractivity contribution in [2.45, 2.75) is 38.1 Å². The van der Waals surface area contributed by atoms with Crippen LogP contribution in [0.2, 0.25) is 0 Å². The molecule has 1 amide bonds. The first-order chi connectivity index (χ1) is 9.81. The number of alkyl halides is 3. The van der Waals surface area contributed by atoms with Crippen LogP contribution in [0.4, 0.5) is 18.9 Å². The number of amides is 1. The molecule has 2 atom stereocenters. The molecular weight excluding hydrogens is 285 g/mol. The van der Waals surface area contributed by atoms with Gasteiger partial charge in [0.1, 0.15) is 6.07 Å². The van der Waals surface area contributed by atoms with Crippen molar-refractivity contribution in [1.82, 2.24) is 0 Å². The smallest absolute Gasteiger partial charge is 0.390 e. The fraction of sp³-hybridized carbons (Fsp3) is 0.429. The summed E-state index contributed by atoms with van der Waals surface area (Å²) < 4.78 is 38.9. The Balaban J connectivity index is 2.60. The summed E-state index contributed by atoms with van der Waals surface area (Å²) in [4.78, 5) is 13.1. The van der Waals surface area contributed by atoms with Gasteiger partial charge in [-0.1, -0.05) is 13.0 Å². The van der Waals surface area contributed by atoms with E-state index in [-0.39, 0.29) is 12.1 Å². The number of rotatable bonds is 2. The normalized spacial score (nSPS) is 22.5. The third-order valence-corrected chi connectivity index (χ3v) is 3.57. The number of benzene rings is 1. The maximum Gasteiger partial charge on any atom is 0.417 e. The summed E-state index contributed by atoms with van der Waals surface area (Å²) in [5.41, 5.74) is -1.77. The Morgan fingerprint density at radius 2 is 2.14 bits per heavy atom. The molecular formula is C14H13F3N2O2. The molecule has 4 nitrogen and oxygen atoms in total. The molecule has 0 spiro atoms. The topological polar surface area (TPSA) is 64.3 Å². The SMILES string of the molecule is CC[C@H]1[C@@H](O)CC(=O)N1c1cccc(C(F)(F)F)c1C#N. The van der Waals surface area contributed by atoms with Gasteiger partial charge < -0.3 is 10.0 Å². The molecule has 0 unspecified atom stereocenters. The van der Waals surface area contributed by atoms with Crippen LogP contribution in [0.1, 0.15) is 30.9 Å². The highest BCUT2D eigenvalue weighted by atomic mass is 19.4. The number of carbonyl (C=O) groups is 1. The second-order valence-electron chi connectivity index (χ2n) is 4.82. The van der Waals surface area contributed by atoms with Gasteiger partial charge in [0.2, 0.25) is 5.91 Å². The molecule has 0 aromatic heterocycles. The summed E-state index contributed by atoms with van der Waals surface area (Å²) in [6.07, 6.45) is -5.39. The van der Waals surface area contributed by atoms with Crippen LogP contribution in [-0.4, -0.2) is 23.2 Å². The number of nitriles is 1. The molecule has 7 heteroatoms. The van der Waals surface area contributed by atoms with Crippen molar-refractivity contribution in [1.29, 1.82) is 5.26 Å². The Morgan fingerprint density at radius 3 is 2.67 bits per heavy atom. The summed E-state index contributed by atoms with van der Waals surface area (Å²) in [6, 6.07) is 4.17. The van der Waals surface area contributed by atoms with Crippen LogP contribution in [0.25, 0.3) is 0 Å². The highest BCUT2D eigenvalue weighted by molar-refractivity contribution is 5.98. The molecule has 0 radical (unpaired) electrons. The molecule has 1 saturated heterocycles. The molecule has 1 aromatic carbocycles. The number of halogens is 3. The van der Waals surface area contributed by atoms with Gasteiger partial charge in [-0.25, -0.2) is 0 Å². The summed E-state index contributed by atoms with van der Waals surface area (Å²) in [5, 5.41) is 18.9. The van der Waals surface area contributed by atoms with Gasteiger partial charge in [-0.05, 0) is 18.6 Å². The first-order valence-corrected chi connectivity index (χ1v) is 6.41. The van der Waals surface area contributed by atoms with Crippen molar-refractivity contribution in [3.05, 3.63) is 29.3 Å². The van der Waals surface area contributed by atoms with E-state index in [1.165, 1.54) is 12.1 Å². The van der Waals surface area contributed by atoms with E-state index in [1.54, 1.807) is 6.92 Å². The molecule has 0 bridgehead atoms.